The first-order valence-electron chi connectivity index (χ1n) is 5.18. The Morgan fingerprint density at radius 2 is 2.24 bits per heavy atom. The molecule has 1 aromatic carbocycles. The van der Waals surface area contributed by atoms with Crippen molar-refractivity contribution in [1.29, 1.82) is 0 Å². The van der Waals surface area contributed by atoms with Crippen molar-refractivity contribution in [2.45, 2.75) is 13.5 Å². The Balaban J connectivity index is 2.81. The monoisotopic (exact) mass is 253 g/mol. The number of hydrogen-bond acceptors (Lipinski definition) is 2. The fourth-order valence-corrected chi connectivity index (χ4v) is 2.11. The number of rotatable bonds is 3. The molecule has 1 N–H and O–H groups in total. The minimum Gasteiger partial charge on any atom is -0.495 e. The van der Waals surface area contributed by atoms with Gasteiger partial charge in [-0.05, 0) is 19.1 Å². The Labute approximate surface area is 103 Å². The van der Waals surface area contributed by atoms with E-state index in [0.717, 1.165) is 5.52 Å². The van der Waals surface area contributed by atoms with E-state index in [2.05, 4.69) is 0 Å². The number of halogens is 1. The summed E-state index contributed by atoms with van der Waals surface area (Å²) in [4.78, 5) is 11.1. The Hall–Kier alpha value is -1.68. The molecule has 17 heavy (non-hydrogen) atoms. The number of nitrogens with zero attached hydrogens (tertiary/aromatic N) is 1. The molecule has 90 valence electrons. The summed E-state index contributed by atoms with van der Waals surface area (Å²) in [6.07, 6.45) is 1.61. The molecule has 0 unspecified atom stereocenters. The van der Waals surface area contributed by atoms with Gasteiger partial charge in [0.2, 0.25) is 0 Å². The maximum absolute atomic E-state index is 11.1. The first kappa shape index (κ1) is 11.8. The first-order chi connectivity index (χ1) is 8.08. The maximum atomic E-state index is 11.1. The third-order valence-electron chi connectivity index (χ3n) is 2.73. The minimum atomic E-state index is -0.952. The molecule has 0 aliphatic heterocycles. The van der Waals surface area contributed by atoms with Crippen LogP contribution in [0.4, 0.5) is 0 Å². The third-order valence-corrected chi connectivity index (χ3v) is 3.02. The van der Waals surface area contributed by atoms with Crippen LogP contribution in [0.15, 0.2) is 18.3 Å². The molecule has 0 bridgehead atoms. The summed E-state index contributed by atoms with van der Waals surface area (Å²) in [6, 6.07) is 3.39. The average molecular weight is 254 g/mol. The number of aromatic nitrogens is 1. The molecule has 0 aliphatic rings. The number of fused-ring (bicyclic) bond motifs is 1. The van der Waals surface area contributed by atoms with Gasteiger partial charge in [-0.3, -0.25) is 0 Å². The number of benzene rings is 1. The van der Waals surface area contributed by atoms with E-state index >= 15 is 0 Å². The van der Waals surface area contributed by atoms with E-state index in [0.29, 0.717) is 22.7 Å². The van der Waals surface area contributed by atoms with E-state index in [1.807, 2.05) is 11.5 Å². The van der Waals surface area contributed by atoms with E-state index in [4.69, 9.17) is 21.4 Å². The highest BCUT2D eigenvalue weighted by atomic mass is 35.5. The zero-order valence-electron chi connectivity index (χ0n) is 9.53. The van der Waals surface area contributed by atoms with Crippen LogP contribution >= 0.6 is 11.6 Å². The van der Waals surface area contributed by atoms with Crippen LogP contribution in [-0.4, -0.2) is 22.8 Å². The second kappa shape index (κ2) is 4.30. The Kier molecular flexibility index (Phi) is 2.98. The summed E-state index contributed by atoms with van der Waals surface area (Å²) in [6.45, 7) is 2.63. The lowest BCUT2D eigenvalue weighted by atomic mass is 10.1. The van der Waals surface area contributed by atoms with E-state index in [-0.39, 0.29) is 5.56 Å². The maximum Gasteiger partial charge on any atom is 0.337 e. The quantitative estimate of drug-likeness (QED) is 0.915. The molecule has 5 heteroatoms. The topological polar surface area (TPSA) is 51.5 Å². The highest BCUT2D eigenvalue weighted by Crippen LogP contribution is 2.32. The van der Waals surface area contributed by atoms with Crippen LogP contribution in [0.1, 0.15) is 17.3 Å². The first-order valence-corrected chi connectivity index (χ1v) is 5.56. The molecule has 2 rings (SSSR count). The van der Waals surface area contributed by atoms with Gasteiger partial charge in [0.1, 0.15) is 5.75 Å². The van der Waals surface area contributed by atoms with Gasteiger partial charge in [0.25, 0.3) is 0 Å². The normalized spacial score (nSPS) is 10.8. The number of carboxylic acids is 1. The molecule has 0 atom stereocenters. The summed E-state index contributed by atoms with van der Waals surface area (Å²) < 4.78 is 6.95. The molecule has 0 aliphatic carbocycles. The number of hydrogen-bond donors (Lipinski definition) is 1. The number of ether oxygens (including phenoxy) is 1. The zero-order chi connectivity index (χ0) is 12.6. The lowest BCUT2D eigenvalue weighted by Gasteiger charge is -2.05. The highest BCUT2D eigenvalue weighted by Gasteiger charge is 2.16. The fourth-order valence-electron chi connectivity index (χ4n) is 1.88. The standard InChI is InChI=1S/C12H12ClNO3/c1-3-14-6-8(12(15)16)7-4-11(17-2)9(13)5-10(7)14/h4-6H,3H2,1-2H3,(H,15,16). The summed E-state index contributed by atoms with van der Waals surface area (Å²) in [7, 11) is 1.50. The van der Waals surface area contributed by atoms with Gasteiger partial charge >= 0.3 is 5.97 Å². The smallest absolute Gasteiger partial charge is 0.337 e. The van der Waals surface area contributed by atoms with Crippen LogP contribution in [0.3, 0.4) is 0 Å². The third kappa shape index (κ3) is 1.85. The van der Waals surface area contributed by atoms with Crippen LogP contribution in [0.2, 0.25) is 5.02 Å². The van der Waals surface area contributed by atoms with Crippen molar-refractivity contribution in [3.05, 3.63) is 28.9 Å². The summed E-state index contributed by atoms with van der Waals surface area (Å²) >= 11 is 6.04. The molecule has 0 saturated heterocycles. The van der Waals surface area contributed by atoms with Gasteiger partial charge in [-0.15, -0.1) is 0 Å². The van der Waals surface area contributed by atoms with E-state index in [1.165, 1.54) is 7.11 Å². The van der Waals surface area contributed by atoms with Crippen LogP contribution in [0.25, 0.3) is 10.9 Å². The van der Waals surface area contributed by atoms with Crippen molar-refractivity contribution in [3.63, 3.8) is 0 Å². The van der Waals surface area contributed by atoms with Gasteiger partial charge < -0.3 is 14.4 Å². The molecular weight excluding hydrogens is 242 g/mol. The SMILES string of the molecule is CCn1cc(C(=O)O)c2cc(OC)c(Cl)cc21. The predicted molar refractivity (Wildman–Crippen MR) is 66.1 cm³/mol. The molecule has 0 radical (unpaired) electrons. The molecular formula is C12H12ClNO3. The summed E-state index contributed by atoms with van der Waals surface area (Å²) in [5, 5.41) is 10.3. The predicted octanol–water partition coefficient (Wildman–Crippen LogP) is 3.02. The Bertz CT molecular complexity index is 589. The Morgan fingerprint density at radius 1 is 1.53 bits per heavy atom. The number of methoxy groups -OCH3 is 1. The van der Waals surface area contributed by atoms with Crippen LogP contribution < -0.4 is 4.74 Å². The second-order valence-corrected chi connectivity index (χ2v) is 4.05. The molecule has 2 aromatic rings. The van der Waals surface area contributed by atoms with Gasteiger partial charge in [0.05, 0.1) is 23.2 Å². The van der Waals surface area contributed by atoms with Gasteiger partial charge in [-0.2, -0.15) is 0 Å². The molecule has 0 amide bonds. The van der Waals surface area contributed by atoms with Crippen molar-refractivity contribution in [3.8, 4) is 5.75 Å². The highest BCUT2D eigenvalue weighted by molar-refractivity contribution is 6.33. The Morgan fingerprint density at radius 3 is 2.76 bits per heavy atom. The van der Waals surface area contributed by atoms with Gasteiger partial charge in [-0.1, -0.05) is 11.6 Å². The van der Waals surface area contributed by atoms with Crippen molar-refractivity contribution in [2.75, 3.05) is 7.11 Å². The number of aromatic carboxylic acids is 1. The number of aryl methyl sites for hydroxylation is 1. The van der Waals surface area contributed by atoms with Crippen LogP contribution in [-0.2, 0) is 6.54 Å². The van der Waals surface area contributed by atoms with Gasteiger partial charge in [-0.25, -0.2) is 4.79 Å². The second-order valence-electron chi connectivity index (χ2n) is 3.64. The molecule has 4 nitrogen and oxygen atoms in total. The fraction of sp³-hybridized carbons (Fsp3) is 0.250. The van der Waals surface area contributed by atoms with Crippen molar-refractivity contribution >= 4 is 28.5 Å². The van der Waals surface area contributed by atoms with Gasteiger partial charge in [0, 0.05) is 18.1 Å². The largest absolute Gasteiger partial charge is 0.495 e. The number of carbonyl (C=O) groups is 1. The van der Waals surface area contributed by atoms with E-state index in [1.54, 1.807) is 18.3 Å². The summed E-state index contributed by atoms with van der Waals surface area (Å²) in [5.74, 6) is -0.470. The van der Waals surface area contributed by atoms with E-state index in [9.17, 15) is 4.79 Å². The van der Waals surface area contributed by atoms with Gasteiger partial charge in [0.15, 0.2) is 0 Å². The molecule has 0 fully saturated rings. The lowest BCUT2D eigenvalue weighted by molar-refractivity contribution is 0.0699. The minimum absolute atomic E-state index is 0.261. The zero-order valence-corrected chi connectivity index (χ0v) is 10.3. The lowest BCUT2D eigenvalue weighted by Crippen LogP contribution is -1.94. The molecule has 0 saturated carbocycles. The van der Waals surface area contributed by atoms with Crippen molar-refractivity contribution in [1.82, 2.24) is 4.57 Å². The van der Waals surface area contributed by atoms with Crippen LogP contribution in [0, 0.1) is 0 Å². The summed E-state index contributed by atoms with van der Waals surface area (Å²) in [5.41, 5.74) is 1.06. The molecule has 1 heterocycles. The molecule has 0 spiro atoms. The van der Waals surface area contributed by atoms with Crippen molar-refractivity contribution < 1.29 is 14.6 Å². The molecule has 1 aromatic heterocycles. The van der Waals surface area contributed by atoms with E-state index < -0.39 is 5.97 Å². The average Bonchev–Trinajstić information content (AvgIpc) is 2.65. The van der Waals surface area contributed by atoms with Crippen molar-refractivity contribution in [2.24, 2.45) is 0 Å². The number of carboxylic acid groups (broad SMARTS) is 1. The van der Waals surface area contributed by atoms with Crippen LogP contribution in [0.5, 0.6) is 5.75 Å².